The van der Waals surface area contributed by atoms with Gasteiger partial charge in [-0.2, -0.15) is 9.98 Å². The highest BCUT2D eigenvalue weighted by Gasteiger charge is 2.26. The molecule has 170 valence electrons. The summed E-state index contributed by atoms with van der Waals surface area (Å²) >= 11 is 5.24. The number of methoxy groups -OCH3 is 1. The maximum atomic E-state index is 12.6. The van der Waals surface area contributed by atoms with Gasteiger partial charge >= 0.3 is 5.97 Å². The average Bonchev–Trinajstić information content (AvgIpc) is 2.77. The standard InChI is InChI=1S/C22H26N4O4S2/c1-16-9-11-19(12-10-16)32(28,29)26-20(21(27)30-2)8-3-4-13-24-22(31)25-18-7-5-6-17(14-18)15-23/h5-7,9-12,14,20,26H,3-4,8,13H2,1-2H3,(H2,24,25,31). The van der Waals surface area contributed by atoms with Gasteiger partial charge in [0.05, 0.1) is 23.6 Å². The molecule has 2 aromatic carbocycles. The second-order valence-corrected chi connectivity index (χ2v) is 9.20. The van der Waals surface area contributed by atoms with E-state index in [2.05, 4.69) is 21.4 Å². The van der Waals surface area contributed by atoms with Crippen LogP contribution in [0.5, 0.6) is 0 Å². The fourth-order valence-electron chi connectivity index (χ4n) is 2.86. The van der Waals surface area contributed by atoms with Crippen molar-refractivity contribution >= 4 is 39.0 Å². The van der Waals surface area contributed by atoms with Crippen molar-refractivity contribution < 1.29 is 17.9 Å². The molecule has 0 fully saturated rings. The molecular formula is C22H26N4O4S2. The minimum atomic E-state index is -3.85. The molecule has 2 rings (SSSR count). The van der Waals surface area contributed by atoms with Crippen LogP contribution in [0.15, 0.2) is 53.4 Å². The summed E-state index contributed by atoms with van der Waals surface area (Å²) in [7, 11) is -2.62. The highest BCUT2D eigenvalue weighted by molar-refractivity contribution is 7.89. The van der Waals surface area contributed by atoms with E-state index in [0.717, 1.165) is 5.56 Å². The van der Waals surface area contributed by atoms with E-state index in [9.17, 15) is 13.2 Å². The van der Waals surface area contributed by atoms with Gasteiger partial charge in [0, 0.05) is 12.2 Å². The van der Waals surface area contributed by atoms with Crippen LogP contribution in [0.4, 0.5) is 5.69 Å². The van der Waals surface area contributed by atoms with E-state index in [1.807, 2.05) is 6.92 Å². The minimum Gasteiger partial charge on any atom is -0.468 e. The first-order valence-corrected chi connectivity index (χ1v) is 11.9. The van der Waals surface area contributed by atoms with E-state index in [1.54, 1.807) is 36.4 Å². The Morgan fingerprint density at radius 1 is 1.19 bits per heavy atom. The molecule has 1 atom stereocenters. The average molecular weight is 475 g/mol. The van der Waals surface area contributed by atoms with Crippen LogP contribution >= 0.6 is 12.2 Å². The number of unbranched alkanes of at least 4 members (excludes halogenated alkanes) is 1. The molecule has 10 heteroatoms. The van der Waals surface area contributed by atoms with Crippen molar-refractivity contribution in [1.29, 1.82) is 5.26 Å². The van der Waals surface area contributed by atoms with Gasteiger partial charge in [-0.15, -0.1) is 0 Å². The summed E-state index contributed by atoms with van der Waals surface area (Å²) in [5.41, 5.74) is 2.17. The number of ether oxygens (including phenoxy) is 1. The molecule has 0 saturated heterocycles. The number of carbonyl (C=O) groups excluding carboxylic acids is 1. The van der Waals surface area contributed by atoms with Crippen molar-refractivity contribution in [3.63, 3.8) is 0 Å². The van der Waals surface area contributed by atoms with Gasteiger partial charge in [0.15, 0.2) is 5.11 Å². The number of nitriles is 1. The summed E-state index contributed by atoms with van der Waals surface area (Å²) in [5, 5.41) is 15.4. The van der Waals surface area contributed by atoms with Crippen LogP contribution in [0.25, 0.3) is 0 Å². The third-order valence-electron chi connectivity index (χ3n) is 4.57. The lowest BCUT2D eigenvalue weighted by Gasteiger charge is -2.17. The van der Waals surface area contributed by atoms with Crippen molar-refractivity contribution in [2.24, 2.45) is 0 Å². The van der Waals surface area contributed by atoms with Crippen LogP contribution in [0, 0.1) is 18.3 Å². The van der Waals surface area contributed by atoms with E-state index in [1.165, 1.54) is 19.2 Å². The van der Waals surface area contributed by atoms with Crippen molar-refractivity contribution in [1.82, 2.24) is 10.0 Å². The van der Waals surface area contributed by atoms with Crippen molar-refractivity contribution in [3.05, 3.63) is 59.7 Å². The lowest BCUT2D eigenvalue weighted by molar-refractivity contribution is -0.142. The quantitative estimate of drug-likeness (QED) is 0.273. The lowest BCUT2D eigenvalue weighted by atomic mass is 10.1. The Bertz CT molecular complexity index is 1080. The molecule has 0 aliphatic heterocycles. The zero-order valence-corrected chi connectivity index (χ0v) is 19.6. The van der Waals surface area contributed by atoms with Gasteiger partial charge in [-0.3, -0.25) is 4.79 Å². The summed E-state index contributed by atoms with van der Waals surface area (Å²) < 4.78 is 32.4. The predicted molar refractivity (Wildman–Crippen MR) is 127 cm³/mol. The fraction of sp³-hybridized carbons (Fsp3) is 0.318. The van der Waals surface area contributed by atoms with E-state index in [4.69, 9.17) is 22.2 Å². The molecule has 0 spiro atoms. The third kappa shape index (κ3) is 7.92. The first-order chi connectivity index (χ1) is 15.2. The van der Waals surface area contributed by atoms with Gasteiger partial charge in [0.25, 0.3) is 0 Å². The topological polar surface area (TPSA) is 120 Å². The molecule has 0 saturated carbocycles. The zero-order chi connectivity index (χ0) is 23.6. The molecule has 1 unspecified atom stereocenters. The molecule has 32 heavy (non-hydrogen) atoms. The second-order valence-electron chi connectivity index (χ2n) is 7.08. The Morgan fingerprint density at radius 2 is 1.91 bits per heavy atom. The third-order valence-corrected chi connectivity index (χ3v) is 6.30. The zero-order valence-electron chi connectivity index (χ0n) is 17.9. The van der Waals surface area contributed by atoms with Gasteiger partial charge in [-0.05, 0) is 68.7 Å². The first-order valence-electron chi connectivity index (χ1n) is 9.97. The Labute approximate surface area is 194 Å². The normalized spacial score (nSPS) is 11.8. The number of rotatable bonds is 10. The maximum Gasteiger partial charge on any atom is 0.323 e. The second kappa shape index (κ2) is 12.1. The SMILES string of the molecule is COC(=O)C(CCCCNC(=S)Nc1cccc(C#N)c1)NS(=O)(=O)c1ccc(C)cc1. The van der Waals surface area contributed by atoms with Crippen LogP contribution < -0.4 is 15.4 Å². The predicted octanol–water partition coefficient (Wildman–Crippen LogP) is 2.84. The monoisotopic (exact) mass is 474 g/mol. The number of hydrogen-bond donors (Lipinski definition) is 3. The molecule has 0 radical (unpaired) electrons. The molecule has 0 amide bonds. The minimum absolute atomic E-state index is 0.0931. The number of nitrogens with zero attached hydrogens (tertiary/aromatic N) is 1. The number of sulfonamides is 1. The molecule has 0 aliphatic rings. The van der Waals surface area contributed by atoms with Crippen LogP contribution in [-0.4, -0.2) is 39.2 Å². The number of thiocarbonyl (C=S) groups is 1. The van der Waals surface area contributed by atoms with E-state index in [0.29, 0.717) is 35.7 Å². The summed E-state index contributed by atoms with van der Waals surface area (Å²) in [5.74, 6) is -0.636. The number of anilines is 1. The maximum absolute atomic E-state index is 12.6. The van der Waals surface area contributed by atoms with Gasteiger partial charge in [0.2, 0.25) is 10.0 Å². The summed E-state index contributed by atoms with van der Waals surface area (Å²) in [6.07, 6.45) is 1.50. The lowest BCUT2D eigenvalue weighted by Crippen LogP contribution is -2.41. The molecular weight excluding hydrogens is 448 g/mol. The van der Waals surface area contributed by atoms with Crippen LogP contribution in [0.1, 0.15) is 30.4 Å². The molecule has 0 aromatic heterocycles. The van der Waals surface area contributed by atoms with E-state index in [-0.39, 0.29) is 11.3 Å². The summed E-state index contributed by atoms with van der Waals surface area (Å²) in [6, 6.07) is 14.4. The number of esters is 1. The number of nitrogens with one attached hydrogen (secondary N) is 3. The summed E-state index contributed by atoms with van der Waals surface area (Å²) in [4.78, 5) is 12.2. The van der Waals surface area contributed by atoms with Crippen molar-refractivity contribution in [2.75, 3.05) is 19.0 Å². The molecule has 0 heterocycles. The molecule has 2 aromatic rings. The summed E-state index contributed by atoms with van der Waals surface area (Å²) in [6.45, 7) is 2.39. The van der Waals surface area contributed by atoms with E-state index < -0.39 is 22.0 Å². The highest BCUT2D eigenvalue weighted by atomic mass is 32.2. The highest BCUT2D eigenvalue weighted by Crippen LogP contribution is 2.13. The van der Waals surface area contributed by atoms with Crippen molar-refractivity contribution in [2.45, 2.75) is 37.1 Å². The Morgan fingerprint density at radius 3 is 2.56 bits per heavy atom. The van der Waals surface area contributed by atoms with Crippen LogP contribution in [0.3, 0.4) is 0 Å². The fourth-order valence-corrected chi connectivity index (χ4v) is 4.30. The van der Waals surface area contributed by atoms with Gasteiger partial charge in [-0.25, -0.2) is 8.42 Å². The Balaban J connectivity index is 1.82. The van der Waals surface area contributed by atoms with Gasteiger partial charge in [-0.1, -0.05) is 23.8 Å². The smallest absolute Gasteiger partial charge is 0.323 e. The molecule has 3 N–H and O–H groups in total. The number of hydrogen-bond acceptors (Lipinski definition) is 6. The molecule has 0 bridgehead atoms. The number of carbonyl (C=O) groups is 1. The van der Waals surface area contributed by atoms with Crippen molar-refractivity contribution in [3.8, 4) is 6.07 Å². The Hall–Kier alpha value is -3.00. The van der Waals surface area contributed by atoms with Gasteiger partial charge in [0.1, 0.15) is 6.04 Å². The largest absolute Gasteiger partial charge is 0.468 e. The number of benzene rings is 2. The van der Waals surface area contributed by atoms with Gasteiger partial charge < -0.3 is 15.4 Å². The van der Waals surface area contributed by atoms with E-state index >= 15 is 0 Å². The van der Waals surface area contributed by atoms with Crippen LogP contribution in [0.2, 0.25) is 0 Å². The Kier molecular flexibility index (Phi) is 9.59. The van der Waals surface area contributed by atoms with Crippen LogP contribution in [-0.2, 0) is 19.6 Å². The number of aryl methyl sites for hydroxylation is 1. The molecule has 0 aliphatic carbocycles. The molecule has 8 nitrogen and oxygen atoms in total. The first kappa shape index (κ1) is 25.3.